The van der Waals surface area contributed by atoms with Gasteiger partial charge in [-0.05, 0) is 42.7 Å². The maximum atomic E-state index is 13.8. The second-order valence-corrected chi connectivity index (χ2v) is 10.1. The molecule has 0 atom stereocenters. The van der Waals surface area contributed by atoms with Crippen molar-refractivity contribution in [3.8, 4) is 0 Å². The Balaban J connectivity index is 1.61. The Bertz CT molecular complexity index is 1510. The van der Waals surface area contributed by atoms with Gasteiger partial charge >= 0.3 is 18.5 Å². The van der Waals surface area contributed by atoms with Crippen molar-refractivity contribution in [3.63, 3.8) is 0 Å². The normalized spacial score (nSPS) is 15.3. The van der Waals surface area contributed by atoms with E-state index >= 15 is 0 Å². The predicted octanol–water partition coefficient (Wildman–Crippen LogP) is 6.97. The van der Waals surface area contributed by atoms with Crippen LogP contribution in [0.3, 0.4) is 0 Å². The van der Waals surface area contributed by atoms with Gasteiger partial charge in [0.25, 0.3) is 5.91 Å². The Hall–Kier alpha value is -3.69. The van der Waals surface area contributed by atoms with Crippen molar-refractivity contribution in [1.82, 2.24) is 14.9 Å². The first kappa shape index (κ1) is 31.3. The van der Waals surface area contributed by atoms with E-state index in [1.807, 2.05) is 5.32 Å². The number of hydrogen-bond donors (Lipinski definition) is 3. The van der Waals surface area contributed by atoms with Crippen LogP contribution in [0.25, 0.3) is 11.0 Å². The van der Waals surface area contributed by atoms with E-state index in [1.54, 1.807) is 11.0 Å². The Morgan fingerprint density at radius 2 is 1.69 bits per heavy atom. The average Bonchev–Trinajstić information content (AvgIpc) is 3.18. The summed E-state index contributed by atoms with van der Waals surface area (Å²) in [7, 11) is 1.49. The van der Waals surface area contributed by atoms with E-state index in [9.17, 15) is 44.3 Å². The third kappa shape index (κ3) is 6.68. The Morgan fingerprint density at radius 3 is 2.26 bits per heavy atom. The summed E-state index contributed by atoms with van der Waals surface area (Å²) in [6.45, 7) is -0.408. The number of imidazole rings is 1. The zero-order valence-corrected chi connectivity index (χ0v) is 22.3. The first-order valence-corrected chi connectivity index (χ1v) is 12.6. The van der Waals surface area contributed by atoms with E-state index in [-0.39, 0.29) is 48.0 Å². The van der Waals surface area contributed by atoms with Crippen LogP contribution in [0.15, 0.2) is 30.3 Å². The summed E-state index contributed by atoms with van der Waals surface area (Å²) in [5.41, 5.74) is -2.66. The zero-order chi connectivity index (χ0) is 31.2. The van der Waals surface area contributed by atoms with Crippen molar-refractivity contribution >= 4 is 51.6 Å². The van der Waals surface area contributed by atoms with Crippen LogP contribution in [0.1, 0.15) is 24.0 Å². The minimum Gasteiger partial charge on any atom is -0.370 e. The molecule has 0 bridgehead atoms. The fourth-order valence-corrected chi connectivity index (χ4v) is 4.85. The molecule has 0 radical (unpaired) electrons. The lowest BCUT2D eigenvalue weighted by Gasteiger charge is -2.34. The van der Waals surface area contributed by atoms with Crippen molar-refractivity contribution in [2.24, 2.45) is 13.0 Å². The van der Waals surface area contributed by atoms with Gasteiger partial charge in [-0.2, -0.15) is 39.5 Å². The average molecular weight is 629 g/mol. The summed E-state index contributed by atoms with van der Waals surface area (Å²) >= 11 is 6.40. The van der Waals surface area contributed by atoms with Gasteiger partial charge in [-0.15, -0.1) is 0 Å². The number of rotatable bonds is 6. The quantitative estimate of drug-likeness (QED) is 0.203. The van der Waals surface area contributed by atoms with Gasteiger partial charge in [0.1, 0.15) is 0 Å². The maximum Gasteiger partial charge on any atom is 0.438 e. The molecule has 1 aliphatic rings. The van der Waals surface area contributed by atoms with Gasteiger partial charge in [-0.3, -0.25) is 10.2 Å². The Labute approximate surface area is 237 Å². The molecule has 3 N–H and O–H groups in total. The highest BCUT2D eigenvalue weighted by Crippen LogP contribution is 2.40. The molecule has 228 valence electrons. The van der Waals surface area contributed by atoms with E-state index in [1.165, 1.54) is 17.7 Å². The van der Waals surface area contributed by atoms with Crippen molar-refractivity contribution in [2.45, 2.75) is 37.9 Å². The van der Waals surface area contributed by atoms with Crippen molar-refractivity contribution in [3.05, 3.63) is 46.5 Å². The summed E-state index contributed by atoms with van der Waals surface area (Å²) in [4.78, 5) is 17.6. The highest BCUT2D eigenvalue weighted by molar-refractivity contribution is 6.39. The number of aryl methyl sites for hydroxylation is 1. The third-order valence-electron chi connectivity index (χ3n) is 6.85. The topological polar surface area (TPSA) is 86.0 Å². The molecule has 3 aromatic rings. The van der Waals surface area contributed by atoms with Crippen LogP contribution in [-0.4, -0.2) is 46.6 Å². The molecule has 4 rings (SSSR count). The highest BCUT2D eigenvalue weighted by atomic mass is 35.5. The molecular formula is C25H22ClF9N6O. The van der Waals surface area contributed by atoms with Crippen LogP contribution in [0, 0.1) is 11.3 Å². The lowest BCUT2D eigenvalue weighted by Crippen LogP contribution is -2.39. The molecule has 0 aliphatic carbocycles. The molecule has 1 fully saturated rings. The van der Waals surface area contributed by atoms with Crippen LogP contribution in [0.2, 0.25) is 5.02 Å². The number of amides is 1. The summed E-state index contributed by atoms with van der Waals surface area (Å²) in [5.74, 6) is -3.24. The maximum absolute atomic E-state index is 13.8. The standard InChI is InChI=1S/C25H22ClF9N6O/c1-40-19-10-18(41-6-4-13(5-7-41)23(27,28)29)15(26)9-17(19)39-22(40)38-16-8-12(2-3-14(16)24(30,31)32)11-37-21(42)20(36)25(33,34)35/h2-3,8-10,13,36H,4-7,11H2,1H3,(H,37,42)(H,38,39). The SMILES string of the molecule is Cn1c(Nc2cc(CNC(=O)C(=N)C(F)(F)F)ccc2C(F)(F)F)nc2cc(Cl)c(N3CCC(C(F)(F)F)CC3)cc21. The molecular weight excluding hydrogens is 607 g/mol. The number of fused-ring (bicyclic) bond motifs is 1. The molecule has 7 nitrogen and oxygen atoms in total. The van der Waals surface area contributed by atoms with Crippen LogP contribution in [-0.2, 0) is 24.6 Å². The molecule has 42 heavy (non-hydrogen) atoms. The minimum atomic E-state index is -5.20. The molecule has 0 spiro atoms. The molecule has 2 heterocycles. The number of carbonyl (C=O) groups is 1. The van der Waals surface area contributed by atoms with Crippen molar-refractivity contribution in [2.75, 3.05) is 23.3 Å². The molecule has 0 saturated carbocycles. The molecule has 2 aromatic carbocycles. The highest BCUT2D eigenvalue weighted by Gasteiger charge is 2.41. The van der Waals surface area contributed by atoms with Crippen molar-refractivity contribution in [1.29, 1.82) is 5.41 Å². The molecule has 1 saturated heterocycles. The molecule has 17 heteroatoms. The van der Waals surface area contributed by atoms with Crippen LogP contribution < -0.4 is 15.5 Å². The fraction of sp³-hybridized carbons (Fsp3) is 0.400. The van der Waals surface area contributed by atoms with E-state index in [0.717, 1.165) is 12.1 Å². The van der Waals surface area contributed by atoms with E-state index in [0.29, 0.717) is 17.3 Å². The second kappa shape index (κ2) is 11.2. The number of hydrogen-bond acceptors (Lipinski definition) is 5. The predicted molar refractivity (Wildman–Crippen MR) is 137 cm³/mol. The van der Waals surface area contributed by atoms with Crippen LogP contribution in [0.4, 0.5) is 56.8 Å². The van der Waals surface area contributed by atoms with E-state index in [2.05, 4.69) is 10.3 Å². The van der Waals surface area contributed by atoms with Crippen LogP contribution >= 0.6 is 11.6 Å². The second-order valence-electron chi connectivity index (χ2n) is 9.65. The molecule has 1 aliphatic heterocycles. The number of halogens is 10. The Kier molecular flexibility index (Phi) is 8.32. The fourth-order valence-electron chi connectivity index (χ4n) is 4.58. The number of anilines is 3. The number of alkyl halides is 9. The Morgan fingerprint density at radius 1 is 1.05 bits per heavy atom. The molecule has 1 amide bonds. The third-order valence-corrected chi connectivity index (χ3v) is 7.15. The lowest BCUT2D eigenvalue weighted by molar-refractivity contribution is -0.179. The van der Waals surface area contributed by atoms with Gasteiger partial charge in [0, 0.05) is 26.7 Å². The van der Waals surface area contributed by atoms with E-state index < -0.39 is 53.9 Å². The number of nitrogens with one attached hydrogen (secondary N) is 3. The van der Waals surface area contributed by atoms with Gasteiger partial charge < -0.3 is 20.1 Å². The zero-order valence-electron chi connectivity index (χ0n) is 21.5. The summed E-state index contributed by atoms with van der Waals surface area (Å²) < 4.78 is 120. The first-order valence-electron chi connectivity index (χ1n) is 12.2. The summed E-state index contributed by atoms with van der Waals surface area (Å²) in [6.07, 6.45) is -14.6. The van der Waals surface area contributed by atoms with Gasteiger partial charge in [-0.1, -0.05) is 17.7 Å². The largest absolute Gasteiger partial charge is 0.438 e. The number of aromatic nitrogens is 2. The monoisotopic (exact) mass is 628 g/mol. The first-order chi connectivity index (χ1) is 19.4. The van der Waals surface area contributed by atoms with Gasteiger partial charge in [-0.25, -0.2) is 4.98 Å². The molecule has 1 aromatic heterocycles. The number of piperidine rings is 1. The molecule has 0 unspecified atom stereocenters. The summed E-state index contributed by atoms with van der Waals surface area (Å²) in [6, 6.07) is 5.65. The smallest absolute Gasteiger partial charge is 0.370 e. The van der Waals surface area contributed by atoms with Crippen LogP contribution in [0.5, 0.6) is 0 Å². The minimum absolute atomic E-state index is 0.000166. The van der Waals surface area contributed by atoms with E-state index in [4.69, 9.17) is 17.0 Å². The summed E-state index contributed by atoms with van der Waals surface area (Å²) in [5, 5.41) is 11.5. The van der Waals surface area contributed by atoms with Crippen molar-refractivity contribution < 1.29 is 44.3 Å². The lowest BCUT2D eigenvalue weighted by atomic mass is 9.96. The van der Waals surface area contributed by atoms with Gasteiger partial charge in [0.2, 0.25) is 11.7 Å². The van der Waals surface area contributed by atoms with Gasteiger partial charge in [0.15, 0.2) is 0 Å². The van der Waals surface area contributed by atoms with Gasteiger partial charge in [0.05, 0.1) is 38.9 Å². The number of benzene rings is 2. The number of nitrogens with zero attached hydrogens (tertiary/aromatic N) is 3. The number of carbonyl (C=O) groups excluding carboxylic acids is 1.